The maximum Gasteiger partial charge on any atom is 0.274 e. The topological polar surface area (TPSA) is 174 Å². The number of aliphatic hydroxyl groups excluding tert-OH is 2. The van der Waals surface area contributed by atoms with Crippen LogP contribution in [0.1, 0.15) is 18.2 Å². The van der Waals surface area contributed by atoms with Gasteiger partial charge in [0.25, 0.3) is 5.69 Å². The predicted molar refractivity (Wildman–Crippen MR) is 102 cm³/mol. The molecule has 5 N–H and O–H groups in total. The number of nitrogens with zero attached hydrogens (tertiary/aromatic N) is 5. The molecule has 0 spiro atoms. The number of para-hydroxylation sites is 1. The second kappa shape index (κ2) is 7.58. The Morgan fingerprint density at radius 3 is 2.90 bits per heavy atom. The number of fused-ring (bicyclic) bond motifs is 1. The predicted octanol–water partition coefficient (Wildman–Crippen LogP) is 0.569. The van der Waals surface area contributed by atoms with Crippen molar-refractivity contribution in [3.63, 3.8) is 0 Å². The Bertz CT molecular complexity index is 1060. The van der Waals surface area contributed by atoms with Gasteiger partial charge in [0.1, 0.15) is 12.3 Å². The molecule has 12 nitrogen and oxygen atoms in total. The van der Waals surface area contributed by atoms with Gasteiger partial charge >= 0.3 is 0 Å². The Hall–Kier alpha value is -3.35. The van der Waals surface area contributed by atoms with Crippen molar-refractivity contribution in [3.8, 4) is 0 Å². The maximum absolute atomic E-state index is 11.2. The smallest absolute Gasteiger partial charge is 0.274 e. The molecule has 3 aromatic rings. The summed E-state index contributed by atoms with van der Waals surface area (Å²) in [6.45, 7) is -0.162. The Balaban J connectivity index is 1.63. The molecule has 3 atom stereocenters. The summed E-state index contributed by atoms with van der Waals surface area (Å²) in [5.41, 5.74) is 7.11. The van der Waals surface area contributed by atoms with Crippen LogP contribution in [0.3, 0.4) is 0 Å². The third-order valence-corrected chi connectivity index (χ3v) is 4.77. The van der Waals surface area contributed by atoms with Crippen molar-refractivity contribution in [1.29, 1.82) is 0 Å². The molecule has 0 saturated carbocycles. The van der Waals surface area contributed by atoms with Gasteiger partial charge in [-0.3, -0.25) is 14.7 Å². The van der Waals surface area contributed by atoms with Crippen molar-refractivity contribution in [2.75, 3.05) is 17.7 Å². The average Bonchev–Trinajstić information content (AvgIpc) is 3.29. The van der Waals surface area contributed by atoms with Crippen LogP contribution in [-0.2, 0) is 11.3 Å². The van der Waals surface area contributed by atoms with E-state index in [1.165, 1.54) is 12.4 Å². The lowest BCUT2D eigenvalue weighted by Crippen LogP contribution is -2.24. The minimum atomic E-state index is -0.808. The number of benzene rings is 1. The van der Waals surface area contributed by atoms with E-state index in [4.69, 9.17) is 10.5 Å². The quantitative estimate of drug-likeness (QED) is 0.337. The molecule has 1 aliphatic heterocycles. The van der Waals surface area contributed by atoms with Gasteiger partial charge in [-0.2, -0.15) is 9.97 Å². The van der Waals surface area contributed by atoms with E-state index in [1.807, 2.05) is 0 Å². The Kier molecular flexibility index (Phi) is 4.96. The van der Waals surface area contributed by atoms with E-state index >= 15 is 0 Å². The van der Waals surface area contributed by atoms with E-state index < -0.39 is 23.4 Å². The second-order valence-electron chi connectivity index (χ2n) is 6.61. The lowest BCUT2D eigenvalue weighted by atomic mass is 10.2. The van der Waals surface area contributed by atoms with Crippen LogP contribution < -0.4 is 11.1 Å². The molecule has 0 aliphatic carbocycles. The normalized spacial score (nSPS) is 21.5. The van der Waals surface area contributed by atoms with Gasteiger partial charge < -0.3 is 26.0 Å². The first kappa shape index (κ1) is 19.0. The van der Waals surface area contributed by atoms with Crippen molar-refractivity contribution in [1.82, 2.24) is 19.5 Å². The highest BCUT2D eigenvalue weighted by Crippen LogP contribution is 2.32. The molecule has 1 aliphatic rings. The number of imidazole rings is 1. The van der Waals surface area contributed by atoms with Crippen molar-refractivity contribution in [2.45, 2.75) is 31.4 Å². The second-order valence-corrected chi connectivity index (χ2v) is 6.61. The maximum atomic E-state index is 11.2. The number of anilines is 2. The summed E-state index contributed by atoms with van der Waals surface area (Å²) < 4.78 is 7.27. The molecule has 1 saturated heterocycles. The van der Waals surface area contributed by atoms with Gasteiger partial charge in [-0.1, -0.05) is 18.2 Å². The highest BCUT2D eigenvalue weighted by atomic mass is 16.6. The molecule has 3 heterocycles. The van der Waals surface area contributed by atoms with Crippen LogP contribution in [0.4, 0.5) is 17.5 Å². The van der Waals surface area contributed by atoms with Crippen molar-refractivity contribution >= 4 is 28.6 Å². The highest BCUT2D eigenvalue weighted by Gasteiger charge is 2.35. The van der Waals surface area contributed by atoms with E-state index in [9.17, 15) is 20.3 Å². The van der Waals surface area contributed by atoms with Gasteiger partial charge in [0.2, 0.25) is 5.95 Å². The molecule has 152 valence electrons. The van der Waals surface area contributed by atoms with E-state index in [1.54, 1.807) is 22.8 Å². The number of nitrogen functional groups attached to an aromatic ring is 1. The number of hydrogen-bond acceptors (Lipinski definition) is 10. The van der Waals surface area contributed by atoms with Crippen LogP contribution >= 0.6 is 0 Å². The number of hydrogen-bond donors (Lipinski definition) is 4. The minimum absolute atomic E-state index is 0.00723. The summed E-state index contributed by atoms with van der Waals surface area (Å²) in [6, 6.07) is 6.38. The number of nitrogens with two attached hydrogens (primary N) is 1. The molecule has 2 aromatic heterocycles. The van der Waals surface area contributed by atoms with Crippen molar-refractivity contribution < 1.29 is 19.9 Å². The first-order valence-corrected chi connectivity index (χ1v) is 8.88. The minimum Gasteiger partial charge on any atom is -0.394 e. The summed E-state index contributed by atoms with van der Waals surface area (Å²) in [5.74, 6) is 0.309. The molecule has 12 heteroatoms. The monoisotopic (exact) mass is 401 g/mol. The zero-order valence-electron chi connectivity index (χ0n) is 15.2. The van der Waals surface area contributed by atoms with E-state index in [0.717, 1.165) is 0 Å². The number of nitro benzene ring substituents is 1. The standard InChI is InChI=1S/C17H19N7O5/c18-17-21-15(19-6-9-3-1-2-4-10(9)24(27)28)14-16(22-17)23(8-20-14)13-5-11(26)12(7-25)29-13/h1-4,8,11-13,25-26H,5-7H2,(H3,18,19,21,22)/t11-,12-,13-/m1/s1. The third kappa shape index (κ3) is 3.55. The summed E-state index contributed by atoms with van der Waals surface area (Å²) in [7, 11) is 0. The molecule has 1 aromatic carbocycles. The number of rotatable bonds is 6. The van der Waals surface area contributed by atoms with Gasteiger partial charge in [-0.05, 0) is 0 Å². The first-order chi connectivity index (χ1) is 14.0. The first-order valence-electron chi connectivity index (χ1n) is 8.88. The molecule has 0 radical (unpaired) electrons. The van der Waals surface area contributed by atoms with Crippen LogP contribution in [0.25, 0.3) is 11.2 Å². The molecule has 0 unspecified atom stereocenters. The average molecular weight is 401 g/mol. The Morgan fingerprint density at radius 2 is 2.17 bits per heavy atom. The molecule has 0 bridgehead atoms. The molecular weight excluding hydrogens is 382 g/mol. The number of nitro groups is 1. The van der Waals surface area contributed by atoms with E-state index in [0.29, 0.717) is 22.5 Å². The highest BCUT2D eigenvalue weighted by molar-refractivity contribution is 5.84. The molecule has 4 rings (SSSR count). The lowest BCUT2D eigenvalue weighted by molar-refractivity contribution is -0.385. The molecule has 0 amide bonds. The Morgan fingerprint density at radius 1 is 1.38 bits per heavy atom. The molecular formula is C17H19N7O5. The fourth-order valence-electron chi connectivity index (χ4n) is 3.33. The summed E-state index contributed by atoms with van der Waals surface area (Å²) in [5, 5.41) is 33.5. The van der Waals surface area contributed by atoms with Gasteiger partial charge in [0.05, 0.1) is 24.0 Å². The number of nitrogens with one attached hydrogen (secondary N) is 1. The van der Waals surface area contributed by atoms with Gasteiger partial charge in [0.15, 0.2) is 17.0 Å². The summed E-state index contributed by atoms with van der Waals surface area (Å²) in [6.07, 6.45) is -0.304. The van der Waals surface area contributed by atoms with Gasteiger partial charge in [0, 0.05) is 24.6 Å². The number of aliphatic hydroxyl groups is 2. The lowest BCUT2D eigenvalue weighted by Gasteiger charge is -2.14. The summed E-state index contributed by atoms with van der Waals surface area (Å²) in [4.78, 5) is 23.4. The Labute approximate surface area is 164 Å². The van der Waals surface area contributed by atoms with E-state index in [-0.39, 0.29) is 31.2 Å². The number of aromatic nitrogens is 4. The molecule has 29 heavy (non-hydrogen) atoms. The van der Waals surface area contributed by atoms with Crippen molar-refractivity contribution in [2.24, 2.45) is 0 Å². The fourth-order valence-corrected chi connectivity index (χ4v) is 3.33. The van der Waals surface area contributed by atoms with Crippen LogP contribution in [0.2, 0.25) is 0 Å². The zero-order valence-corrected chi connectivity index (χ0v) is 15.2. The molecule has 1 fully saturated rings. The fraction of sp³-hybridized carbons (Fsp3) is 0.353. The van der Waals surface area contributed by atoms with E-state index in [2.05, 4.69) is 20.3 Å². The van der Waals surface area contributed by atoms with Crippen LogP contribution in [-0.4, -0.2) is 53.5 Å². The number of ether oxygens (including phenoxy) is 1. The zero-order chi connectivity index (χ0) is 20.5. The largest absolute Gasteiger partial charge is 0.394 e. The summed E-state index contributed by atoms with van der Waals surface area (Å²) >= 11 is 0. The van der Waals surface area contributed by atoms with Crippen LogP contribution in [0.5, 0.6) is 0 Å². The van der Waals surface area contributed by atoms with Crippen LogP contribution in [0, 0.1) is 10.1 Å². The van der Waals surface area contributed by atoms with Gasteiger partial charge in [-0.15, -0.1) is 0 Å². The van der Waals surface area contributed by atoms with Gasteiger partial charge in [-0.25, -0.2) is 4.98 Å². The van der Waals surface area contributed by atoms with Crippen molar-refractivity contribution in [3.05, 3.63) is 46.3 Å². The SMILES string of the molecule is Nc1nc(NCc2ccccc2[N+](=O)[O-])c2ncn([C@H]3C[C@@H](O)[C@@H](CO)O3)c2n1. The third-order valence-electron chi connectivity index (χ3n) is 4.77. The van der Waals surface area contributed by atoms with Crippen LogP contribution in [0.15, 0.2) is 30.6 Å².